The van der Waals surface area contributed by atoms with E-state index in [-0.39, 0.29) is 36.2 Å². The van der Waals surface area contributed by atoms with Crippen LogP contribution in [-0.2, 0) is 28.6 Å². The molecular formula is C35H49NO7S. The molecule has 2 aliphatic heterocycles. The molecular weight excluding hydrogens is 578 g/mol. The molecule has 7 atom stereocenters. The van der Waals surface area contributed by atoms with Crippen LogP contribution in [0.2, 0.25) is 0 Å². The minimum Gasteiger partial charge on any atom is -0.461 e. The summed E-state index contributed by atoms with van der Waals surface area (Å²) in [5.41, 5.74) is 0.0177. The van der Waals surface area contributed by atoms with Crippen molar-refractivity contribution in [2.24, 2.45) is 17.3 Å². The van der Waals surface area contributed by atoms with Gasteiger partial charge in [0.1, 0.15) is 12.2 Å². The van der Waals surface area contributed by atoms with Crippen molar-refractivity contribution in [3.63, 3.8) is 0 Å². The van der Waals surface area contributed by atoms with E-state index in [1.54, 1.807) is 25.2 Å². The van der Waals surface area contributed by atoms with Crippen LogP contribution in [0.1, 0.15) is 109 Å². The third-order valence-electron chi connectivity index (χ3n) is 9.52. The van der Waals surface area contributed by atoms with Gasteiger partial charge in [-0.1, -0.05) is 45.3 Å². The van der Waals surface area contributed by atoms with Crippen LogP contribution >= 0.6 is 11.3 Å². The summed E-state index contributed by atoms with van der Waals surface area (Å²) < 4.78 is 19.3. The molecule has 2 fully saturated rings. The molecule has 44 heavy (non-hydrogen) atoms. The maximum atomic E-state index is 14.0. The van der Waals surface area contributed by atoms with Gasteiger partial charge in [0.25, 0.3) is 0 Å². The summed E-state index contributed by atoms with van der Waals surface area (Å²) in [4.78, 5) is 45.3. The van der Waals surface area contributed by atoms with E-state index in [0.717, 1.165) is 46.5 Å². The molecule has 9 heteroatoms. The average molecular weight is 628 g/mol. The Morgan fingerprint density at radius 2 is 2.00 bits per heavy atom. The number of fused-ring (bicyclic) bond motifs is 2. The summed E-state index contributed by atoms with van der Waals surface area (Å²) in [7, 11) is 0. The minimum absolute atomic E-state index is 0.104. The average Bonchev–Trinajstić information content (AvgIpc) is 3.43. The van der Waals surface area contributed by atoms with Gasteiger partial charge < -0.3 is 19.3 Å². The highest BCUT2D eigenvalue weighted by molar-refractivity contribution is 7.18. The van der Waals surface area contributed by atoms with Gasteiger partial charge in [-0.2, -0.15) is 0 Å². The number of Topliss-reactive ketones (excluding diaryl/α,β-unsaturated/α-hetero) is 1. The van der Waals surface area contributed by atoms with Crippen LogP contribution in [0.15, 0.2) is 30.9 Å². The van der Waals surface area contributed by atoms with Crippen LogP contribution in [0.5, 0.6) is 0 Å². The van der Waals surface area contributed by atoms with Crippen molar-refractivity contribution in [1.29, 1.82) is 0 Å². The molecule has 0 unspecified atom stereocenters. The fourth-order valence-electron chi connectivity index (χ4n) is 6.34. The first-order valence-corrected chi connectivity index (χ1v) is 16.9. The fourth-order valence-corrected chi connectivity index (χ4v) is 7.15. The minimum atomic E-state index is -1.29. The number of hydrogen-bond donors (Lipinski definition) is 1. The first kappa shape index (κ1) is 34.3. The molecule has 0 spiro atoms. The Labute approximate surface area is 265 Å². The second-order valence-electron chi connectivity index (χ2n) is 13.4. The monoisotopic (exact) mass is 627 g/mol. The number of aliphatic hydroxyl groups is 1. The van der Waals surface area contributed by atoms with Crippen molar-refractivity contribution in [2.75, 3.05) is 0 Å². The summed E-state index contributed by atoms with van der Waals surface area (Å²) in [6.07, 6.45) is 3.87. The van der Waals surface area contributed by atoms with Crippen LogP contribution in [0.25, 0.3) is 10.2 Å². The Balaban J connectivity index is 1.67. The number of carbonyl (C=O) groups is 3. The number of carbonyl (C=O) groups excluding carboxylic acids is 3. The van der Waals surface area contributed by atoms with Crippen LogP contribution in [0.4, 0.5) is 0 Å². The number of aliphatic hydroxyl groups excluding tert-OH is 1. The number of epoxide rings is 1. The van der Waals surface area contributed by atoms with E-state index < -0.39 is 41.6 Å². The largest absolute Gasteiger partial charge is 0.461 e. The molecule has 4 rings (SSSR count). The molecule has 2 saturated heterocycles. The molecule has 3 heterocycles. The Kier molecular flexibility index (Phi) is 11.1. The Hall–Kier alpha value is -2.62. The standard InChI is InChI=1S/C35H49NO7S/c1-8-10-11-14-30(37)42-28-20-31(38)41-26(23-15-16-27-25(18-23)36-22(4)44-27)19-29-35(7,43-29)17-12-13-21(3)32(39)24(9-2)33(40)34(28,5)6/h9,15-16,18,21,24,26,28-29,32,39H,2,8,10-14,17,19-20H2,1,3-7H3/t21-,24+,26-,28-,29-,32-,35+/m0/s1. The third kappa shape index (κ3) is 7.96. The Morgan fingerprint density at radius 3 is 2.70 bits per heavy atom. The SMILES string of the molecule is C=C[C@H]1C(=O)C(C)(C)[C@@H](OC(=O)CCCCC)CC(=O)O[C@H](c2ccc3sc(C)nc3c2)C[C@@H]2O[C@]2(C)CCC[C@H](C)[C@@H]1O. The van der Waals surface area contributed by atoms with Gasteiger partial charge in [0, 0.05) is 12.8 Å². The van der Waals surface area contributed by atoms with E-state index in [2.05, 4.69) is 18.5 Å². The third-order valence-corrected chi connectivity index (χ3v) is 10.5. The smallest absolute Gasteiger partial charge is 0.310 e. The van der Waals surface area contributed by atoms with Crippen molar-refractivity contribution in [2.45, 2.75) is 129 Å². The number of esters is 2. The number of thiazole rings is 1. The molecule has 0 saturated carbocycles. The van der Waals surface area contributed by atoms with Gasteiger partial charge in [0.2, 0.25) is 0 Å². The molecule has 242 valence electrons. The number of rotatable bonds is 7. The molecule has 0 bridgehead atoms. The van der Waals surface area contributed by atoms with Gasteiger partial charge in [-0.25, -0.2) is 4.98 Å². The second-order valence-corrected chi connectivity index (χ2v) is 14.7. The lowest BCUT2D eigenvalue weighted by Gasteiger charge is -2.36. The van der Waals surface area contributed by atoms with Crippen LogP contribution < -0.4 is 0 Å². The highest BCUT2D eigenvalue weighted by atomic mass is 32.1. The van der Waals surface area contributed by atoms with Crippen molar-refractivity contribution < 1.29 is 33.7 Å². The zero-order valence-corrected chi connectivity index (χ0v) is 27.9. The molecule has 1 aromatic carbocycles. The molecule has 1 N–H and O–H groups in total. The molecule has 1 aromatic heterocycles. The van der Waals surface area contributed by atoms with Gasteiger partial charge in [0.05, 0.1) is 50.8 Å². The quantitative estimate of drug-likeness (QED) is 0.148. The van der Waals surface area contributed by atoms with E-state index in [0.29, 0.717) is 19.3 Å². The number of aryl methyl sites for hydroxylation is 1. The topological polar surface area (TPSA) is 115 Å². The zero-order chi connectivity index (χ0) is 32.2. The normalized spacial score (nSPS) is 31.6. The van der Waals surface area contributed by atoms with E-state index in [9.17, 15) is 19.5 Å². The molecule has 0 amide bonds. The van der Waals surface area contributed by atoms with Crippen molar-refractivity contribution in [1.82, 2.24) is 4.98 Å². The van der Waals surface area contributed by atoms with Gasteiger partial charge in [-0.3, -0.25) is 14.4 Å². The maximum absolute atomic E-state index is 14.0. The zero-order valence-electron chi connectivity index (χ0n) is 27.1. The van der Waals surface area contributed by atoms with Crippen molar-refractivity contribution in [3.8, 4) is 0 Å². The number of unbranched alkanes of at least 4 members (excludes halogenated alkanes) is 2. The number of ether oxygens (including phenoxy) is 3. The van der Waals surface area contributed by atoms with E-state index in [4.69, 9.17) is 14.2 Å². The Bertz CT molecular complexity index is 1350. The number of benzene rings is 1. The predicted molar refractivity (Wildman–Crippen MR) is 171 cm³/mol. The van der Waals surface area contributed by atoms with Gasteiger partial charge in [-0.15, -0.1) is 17.9 Å². The van der Waals surface area contributed by atoms with Crippen molar-refractivity contribution >= 4 is 39.3 Å². The lowest BCUT2D eigenvalue weighted by atomic mass is 9.72. The lowest BCUT2D eigenvalue weighted by Crippen LogP contribution is -2.47. The number of ketones is 1. The lowest BCUT2D eigenvalue weighted by molar-refractivity contribution is -0.167. The Morgan fingerprint density at radius 1 is 1.25 bits per heavy atom. The number of cyclic esters (lactones) is 1. The molecule has 2 aliphatic rings. The first-order chi connectivity index (χ1) is 20.8. The van der Waals surface area contributed by atoms with Gasteiger partial charge in [0.15, 0.2) is 5.78 Å². The predicted octanol–water partition coefficient (Wildman–Crippen LogP) is 7.20. The van der Waals surface area contributed by atoms with E-state index in [1.807, 2.05) is 39.0 Å². The van der Waals surface area contributed by atoms with Crippen LogP contribution in [-0.4, -0.2) is 51.7 Å². The molecule has 0 radical (unpaired) electrons. The van der Waals surface area contributed by atoms with E-state index in [1.165, 1.54) is 6.08 Å². The fraction of sp³-hybridized carbons (Fsp3) is 0.657. The number of hydrogen-bond acceptors (Lipinski definition) is 9. The second kappa shape index (κ2) is 14.2. The van der Waals surface area contributed by atoms with Crippen molar-refractivity contribution in [3.05, 3.63) is 41.4 Å². The first-order valence-electron chi connectivity index (χ1n) is 16.1. The molecule has 2 aromatic rings. The van der Waals surface area contributed by atoms with E-state index >= 15 is 0 Å². The molecule has 0 aliphatic carbocycles. The molecule has 8 nitrogen and oxygen atoms in total. The highest BCUT2D eigenvalue weighted by Crippen LogP contribution is 2.47. The summed E-state index contributed by atoms with van der Waals surface area (Å²) in [6.45, 7) is 15.2. The van der Waals surface area contributed by atoms with Gasteiger partial charge >= 0.3 is 11.9 Å². The number of nitrogens with zero attached hydrogens (tertiary/aromatic N) is 1. The van der Waals surface area contributed by atoms with Gasteiger partial charge in [-0.05, 0) is 70.6 Å². The van der Waals surface area contributed by atoms with Crippen LogP contribution in [0.3, 0.4) is 0 Å². The summed E-state index contributed by atoms with van der Waals surface area (Å²) in [5, 5.41) is 12.2. The number of aromatic nitrogens is 1. The summed E-state index contributed by atoms with van der Waals surface area (Å²) >= 11 is 1.61. The summed E-state index contributed by atoms with van der Waals surface area (Å²) in [5.74, 6) is -2.41. The summed E-state index contributed by atoms with van der Waals surface area (Å²) in [6, 6.07) is 5.93. The maximum Gasteiger partial charge on any atom is 0.310 e. The van der Waals surface area contributed by atoms with Crippen LogP contribution in [0, 0.1) is 24.2 Å². The highest BCUT2D eigenvalue weighted by Gasteiger charge is 2.53.